The third-order valence-corrected chi connectivity index (χ3v) is 6.62. The van der Waals surface area contributed by atoms with E-state index in [9.17, 15) is 8.42 Å². The molecule has 0 radical (unpaired) electrons. The Morgan fingerprint density at radius 3 is 2.32 bits per heavy atom. The number of anilines is 2. The van der Waals surface area contributed by atoms with Crippen LogP contribution in [0.1, 0.15) is 36.7 Å². The van der Waals surface area contributed by atoms with Crippen molar-refractivity contribution in [2.24, 2.45) is 0 Å². The van der Waals surface area contributed by atoms with Crippen LogP contribution in [-0.2, 0) is 16.8 Å². The lowest BCUT2D eigenvalue weighted by atomic mass is 10.2. The molecule has 1 aromatic heterocycles. The van der Waals surface area contributed by atoms with Gasteiger partial charge in [-0.1, -0.05) is 37.3 Å². The molecule has 0 aliphatic carbocycles. The van der Waals surface area contributed by atoms with E-state index in [-0.39, 0.29) is 6.54 Å². The summed E-state index contributed by atoms with van der Waals surface area (Å²) >= 11 is 1.47. The summed E-state index contributed by atoms with van der Waals surface area (Å²) in [5, 5.41) is 9.90. The van der Waals surface area contributed by atoms with Gasteiger partial charge in [-0.3, -0.25) is 4.31 Å². The maximum Gasteiger partial charge on any atom is 0.326 e. The number of hydrogen-bond donors (Lipinski definition) is 0. The molecule has 22 heavy (non-hydrogen) atoms. The molecule has 1 aliphatic heterocycles. The van der Waals surface area contributed by atoms with E-state index in [0.29, 0.717) is 23.2 Å². The molecule has 0 bridgehead atoms. The normalized spacial score (nSPS) is 16.4. The van der Waals surface area contributed by atoms with Gasteiger partial charge in [-0.15, -0.1) is 10.2 Å². The topological polar surface area (TPSA) is 66.4 Å². The van der Waals surface area contributed by atoms with Crippen LogP contribution in [0.25, 0.3) is 0 Å². The first-order chi connectivity index (χ1) is 10.4. The minimum atomic E-state index is -3.54. The molecule has 2 aromatic rings. The van der Waals surface area contributed by atoms with Crippen molar-refractivity contribution in [2.45, 2.75) is 33.2 Å². The zero-order valence-electron chi connectivity index (χ0n) is 12.7. The van der Waals surface area contributed by atoms with Crippen LogP contribution in [-0.4, -0.2) is 25.2 Å². The van der Waals surface area contributed by atoms with Crippen molar-refractivity contribution < 1.29 is 8.42 Å². The summed E-state index contributed by atoms with van der Waals surface area (Å²) in [7, 11) is -3.54. The predicted molar refractivity (Wildman–Crippen MR) is 88.6 cm³/mol. The number of fused-ring (bicyclic) bond motifs is 1. The largest absolute Gasteiger partial charge is 0.326 e. The van der Waals surface area contributed by atoms with Gasteiger partial charge in [-0.05, 0) is 19.1 Å². The Balaban J connectivity index is 1.98. The fourth-order valence-electron chi connectivity index (χ4n) is 2.44. The van der Waals surface area contributed by atoms with Gasteiger partial charge in [0.1, 0.15) is 10.0 Å². The Bertz CT molecular complexity index is 786. The molecule has 6 nitrogen and oxygen atoms in total. The Morgan fingerprint density at radius 1 is 1.14 bits per heavy atom. The molecule has 0 amide bonds. The van der Waals surface area contributed by atoms with Crippen LogP contribution >= 0.6 is 11.3 Å². The molecule has 0 spiro atoms. The van der Waals surface area contributed by atoms with Gasteiger partial charge in [0.05, 0.1) is 17.9 Å². The summed E-state index contributed by atoms with van der Waals surface area (Å²) in [5.41, 5.74) is 1.42. The number of hydrogen-bond acceptors (Lipinski definition) is 5. The van der Waals surface area contributed by atoms with Crippen molar-refractivity contribution in [1.82, 2.24) is 10.2 Å². The van der Waals surface area contributed by atoms with Crippen LogP contribution < -0.4 is 8.61 Å². The SMILES string of the molecule is CCN1c2ccccc2N(Cc2nnc(C(C)C)s2)S1(=O)=O. The predicted octanol–water partition coefficient (Wildman–Crippen LogP) is 2.75. The highest BCUT2D eigenvalue weighted by Crippen LogP contribution is 2.41. The van der Waals surface area contributed by atoms with Crippen molar-refractivity contribution in [2.75, 3.05) is 15.2 Å². The van der Waals surface area contributed by atoms with Crippen LogP contribution in [0.3, 0.4) is 0 Å². The first-order valence-corrected chi connectivity index (χ1v) is 9.38. The maximum atomic E-state index is 12.7. The zero-order valence-corrected chi connectivity index (χ0v) is 14.4. The lowest BCUT2D eigenvalue weighted by molar-refractivity contribution is 0.589. The monoisotopic (exact) mass is 338 g/mol. The van der Waals surface area contributed by atoms with Crippen LogP contribution in [0.2, 0.25) is 0 Å². The highest BCUT2D eigenvalue weighted by molar-refractivity contribution is 7.94. The number of rotatable bonds is 4. The van der Waals surface area contributed by atoms with E-state index in [1.165, 1.54) is 19.9 Å². The Morgan fingerprint density at radius 2 is 1.77 bits per heavy atom. The van der Waals surface area contributed by atoms with E-state index < -0.39 is 10.2 Å². The van der Waals surface area contributed by atoms with E-state index in [2.05, 4.69) is 10.2 Å². The molecule has 1 aliphatic rings. The van der Waals surface area contributed by atoms with Crippen LogP contribution in [0, 0.1) is 0 Å². The highest BCUT2D eigenvalue weighted by Gasteiger charge is 2.39. The zero-order chi connectivity index (χ0) is 15.9. The lowest BCUT2D eigenvalue weighted by Crippen LogP contribution is -2.37. The quantitative estimate of drug-likeness (QED) is 0.860. The molecule has 1 aromatic carbocycles. The van der Waals surface area contributed by atoms with Gasteiger partial charge in [0, 0.05) is 12.5 Å². The van der Waals surface area contributed by atoms with Gasteiger partial charge in [0.2, 0.25) is 0 Å². The summed E-state index contributed by atoms with van der Waals surface area (Å²) in [4.78, 5) is 0. The molecule has 2 heterocycles. The number of nitrogens with zero attached hydrogens (tertiary/aromatic N) is 4. The molecule has 3 rings (SSSR count). The summed E-state index contributed by atoms with van der Waals surface area (Å²) < 4.78 is 28.3. The van der Waals surface area contributed by atoms with Gasteiger partial charge in [0.15, 0.2) is 0 Å². The highest BCUT2D eigenvalue weighted by atomic mass is 32.2. The molecule has 8 heteroatoms. The molecule has 0 saturated carbocycles. The minimum absolute atomic E-state index is 0.222. The Hall–Kier alpha value is -1.67. The molecule has 0 fully saturated rings. The average molecular weight is 338 g/mol. The summed E-state index contributed by atoms with van der Waals surface area (Å²) in [6.45, 7) is 6.55. The summed E-state index contributed by atoms with van der Waals surface area (Å²) in [5.74, 6) is 0.292. The smallest absolute Gasteiger partial charge is 0.251 e. The van der Waals surface area contributed by atoms with E-state index in [1.54, 1.807) is 0 Å². The maximum absolute atomic E-state index is 12.7. The van der Waals surface area contributed by atoms with E-state index in [1.807, 2.05) is 45.0 Å². The Kier molecular flexibility index (Phi) is 3.82. The molecule has 118 valence electrons. The van der Waals surface area contributed by atoms with E-state index >= 15 is 0 Å². The molecule has 0 unspecified atom stereocenters. The first kappa shape index (κ1) is 15.2. The van der Waals surface area contributed by atoms with Crippen molar-refractivity contribution in [3.63, 3.8) is 0 Å². The van der Waals surface area contributed by atoms with E-state index in [4.69, 9.17) is 0 Å². The number of benzene rings is 1. The van der Waals surface area contributed by atoms with Gasteiger partial charge in [-0.25, -0.2) is 4.31 Å². The average Bonchev–Trinajstić information content (AvgIpc) is 3.02. The van der Waals surface area contributed by atoms with Gasteiger partial charge in [0.25, 0.3) is 0 Å². The standard InChI is InChI=1S/C14H18N4O2S2/c1-4-17-11-7-5-6-8-12(11)18(22(17,19)20)9-13-15-16-14(21-13)10(2)3/h5-8,10H,4,9H2,1-3H3. The fourth-order valence-corrected chi connectivity index (χ4v) is 5.01. The van der Waals surface area contributed by atoms with Crippen LogP contribution in [0.5, 0.6) is 0 Å². The third-order valence-electron chi connectivity index (χ3n) is 3.52. The van der Waals surface area contributed by atoms with Crippen LogP contribution in [0.15, 0.2) is 24.3 Å². The Labute approximate surface area is 134 Å². The van der Waals surface area contributed by atoms with Gasteiger partial charge in [-0.2, -0.15) is 8.42 Å². The van der Waals surface area contributed by atoms with Gasteiger partial charge < -0.3 is 0 Å². The van der Waals surface area contributed by atoms with E-state index in [0.717, 1.165) is 10.7 Å². The second-order valence-corrected chi connectivity index (χ2v) is 8.23. The van der Waals surface area contributed by atoms with Crippen molar-refractivity contribution in [3.8, 4) is 0 Å². The number of aromatic nitrogens is 2. The lowest BCUT2D eigenvalue weighted by Gasteiger charge is -2.19. The van der Waals surface area contributed by atoms with Crippen molar-refractivity contribution in [1.29, 1.82) is 0 Å². The second-order valence-electron chi connectivity index (χ2n) is 5.36. The number of para-hydroxylation sites is 2. The molecule has 0 N–H and O–H groups in total. The van der Waals surface area contributed by atoms with Crippen LogP contribution in [0.4, 0.5) is 11.4 Å². The van der Waals surface area contributed by atoms with Gasteiger partial charge >= 0.3 is 10.2 Å². The first-order valence-electron chi connectivity index (χ1n) is 7.16. The summed E-state index contributed by atoms with van der Waals surface area (Å²) in [6.07, 6.45) is 0. The third kappa shape index (κ3) is 2.36. The molecule has 0 atom stereocenters. The fraction of sp³-hybridized carbons (Fsp3) is 0.429. The summed E-state index contributed by atoms with van der Waals surface area (Å²) in [6, 6.07) is 7.35. The molecule has 0 saturated heterocycles. The molecular formula is C14H18N4O2S2. The molecular weight excluding hydrogens is 320 g/mol. The van der Waals surface area contributed by atoms with Crippen molar-refractivity contribution in [3.05, 3.63) is 34.3 Å². The van der Waals surface area contributed by atoms with Crippen molar-refractivity contribution >= 4 is 32.9 Å². The minimum Gasteiger partial charge on any atom is -0.251 e. The second kappa shape index (κ2) is 5.51.